The van der Waals surface area contributed by atoms with Crippen LogP contribution in [0, 0.1) is 0 Å². The Kier molecular flexibility index (Phi) is 4.83. The zero-order chi connectivity index (χ0) is 18.7. The van der Waals surface area contributed by atoms with E-state index in [9.17, 15) is 14.7 Å². The van der Waals surface area contributed by atoms with Crippen LogP contribution in [0.3, 0.4) is 0 Å². The summed E-state index contributed by atoms with van der Waals surface area (Å²) in [5.41, 5.74) is 0.387. The van der Waals surface area contributed by atoms with Gasteiger partial charge in [0.15, 0.2) is 29.1 Å². The highest BCUT2D eigenvalue weighted by atomic mass is 16.7. The van der Waals surface area contributed by atoms with Crippen molar-refractivity contribution >= 4 is 17.6 Å². The number of amides is 1. The van der Waals surface area contributed by atoms with E-state index in [0.717, 1.165) is 0 Å². The first-order valence-corrected chi connectivity index (χ1v) is 7.77. The second-order valence-electron chi connectivity index (χ2n) is 5.46. The summed E-state index contributed by atoms with van der Waals surface area (Å²) >= 11 is 0. The summed E-state index contributed by atoms with van der Waals surface area (Å²) in [6.45, 7) is 1.56. The fourth-order valence-corrected chi connectivity index (χ4v) is 2.35. The molecule has 2 aromatic rings. The van der Waals surface area contributed by atoms with E-state index < -0.39 is 18.0 Å². The molecule has 0 saturated carbocycles. The first kappa shape index (κ1) is 17.4. The van der Waals surface area contributed by atoms with Gasteiger partial charge < -0.3 is 29.4 Å². The summed E-state index contributed by atoms with van der Waals surface area (Å²) in [5, 5.41) is 12.6. The number of nitrogens with one attached hydrogen (secondary N) is 1. The number of rotatable bonds is 5. The summed E-state index contributed by atoms with van der Waals surface area (Å²) in [5.74, 6) is -0.459. The number of ether oxygens (including phenoxy) is 4. The Bertz CT molecular complexity index is 849. The smallest absolute Gasteiger partial charge is 0.342 e. The van der Waals surface area contributed by atoms with Crippen LogP contribution in [-0.2, 0) is 9.53 Å². The SMILES string of the molecule is COc1cccc(C(=O)O[C@H](C)C(=O)Nc2ccc3c(c2)OCO3)c1O. The summed E-state index contributed by atoms with van der Waals surface area (Å²) in [6, 6.07) is 9.34. The van der Waals surface area contributed by atoms with Gasteiger partial charge in [-0.25, -0.2) is 4.79 Å². The number of hydrogen-bond acceptors (Lipinski definition) is 7. The van der Waals surface area contributed by atoms with Crippen LogP contribution in [0.25, 0.3) is 0 Å². The first-order chi connectivity index (χ1) is 12.5. The lowest BCUT2D eigenvalue weighted by molar-refractivity contribution is -0.123. The van der Waals surface area contributed by atoms with Crippen molar-refractivity contribution in [1.82, 2.24) is 0 Å². The van der Waals surface area contributed by atoms with E-state index in [1.165, 1.54) is 32.2 Å². The van der Waals surface area contributed by atoms with Crippen molar-refractivity contribution < 1.29 is 33.6 Å². The Morgan fingerprint density at radius 3 is 2.73 bits per heavy atom. The Morgan fingerprint density at radius 2 is 1.96 bits per heavy atom. The van der Waals surface area contributed by atoms with Crippen molar-refractivity contribution in [3.05, 3.63) is 42.0 Å². The molecule has 0 spiro atoms. The van der Waals surface area contributed by atoms with Gasteiger partial charge >= 0.3 is 5.97 Å². The predicted molar refractivity (Wildman–Crippen MR) is 90.7 cm³/mol. The standard InChI is InChI=1S/C18H17NO7/c1-10(26-18(22)12-4-3-5-14(23-2)16(12)20)17(21)19-11-6-7-13-15(8-11)25-9-24-13/h3-8,10,20H,9H2,1-2H3,(H,19,21)/t10-/m1/s1. The maximum absolute atomic E-state index is 12.2. The highest BCUT2D eigenvalue weighted by Crippen LogP contribution is 2.34. The predicted octanol–water partition coefficient (Wildman–Crippen LogP) is 2.31. The van der Waals surface area contributed by atoms with Crippen molar-refractivity contribution in [2.45, 2.75) is 13.0 Å². The largest absolute Gasteiger partial charge is 0.504 e. The number of carbonyl (C=O) groups is 2. The van der Waals surface area contributed by atoms with Crippen molar-refractivity contribution in [3.8, 4) is 23.0 Å². The van der Waals surface area contributed by atoms with Crippen LogP contribution in [0.15, 0.2) is 36.4 Å². The third kappa shape index (κ3) is 3.49. The van der Waals surface area contributed by atoms with E-state index in [-0.39, 0.29) is 23.9 Å². The van der Waals surface area contributed by atoms with Gasteiger partial charge in [-0.15, -0.1) is 0 Å². The molecule has 1 aliphatic heterocycles. The number of hydrogen-bond donors (Lipinski definition) is 2. The van der Waals surface area contributed by atoms with Crippen LogP contribution in [-0.4, -0.2) is 37.0 Å². The van der Waals surface area contributed by atoms with Crippen molar-refractivity contribution in [3.63, 3.8) is 0 Å². The number of anilines is 1. The quantitative estimate of drug-likeness (QED) is 0.790. The molecule has 0 aromatic heterocycles. The molecular weight excluding hydrogens is 342 g/mol. The van der Waals surface area contributed by atoms with E-state index in [1.54, 1.807) is 18.2 Å². The monoisotopic (exact) mass is 359 g/mol. The zero-order valence-electron chi connectivity index (χ0n) is 14.1. The molecule has 3 rings (SSSR count). The number of fused-ring (bicyclic) bond motifs is 1. The number of para-hydroxylation sites is 1. The number of methoxy groups -OCH3 is 1. The fourth-order valence-electron chi connectivity index (χ4n) is 2.35. The molecule has 0 saturated heterocycles. The average Bonchev–Trinajstić information content (AvgIpc) is 3.09. The van der Waals surface area contributed by atoms with Crippen molar-refractivity contribution in [2.24, 2.45) is 0 Å². The minimum absolute atomic E-state index is 0.0907. The molecule has 1 atom stereocenters. The fraction of sp³-hybridized carbons (Fsp3) is 0.222. The van der Waals surface area contributed by atoms with Crippen LogP contribution in [0.2, 0.25) is 0 Å². The van der Waals surface area contributed by atoms with Crippen LogP contribution >= 0.6 is 0 Å². The van der Waals surface area contributed by atoms with Gasteiger partial charge in [0.25, 0.3) is 5.91 Å². The summed E-state index contributed by atoms with van der Waals surface area (Å²) in [6.07, 6.45) is -1.08. The van der Waals surface area contributed by atoms with Crippen molar-refractivity contribution in [2.75, 3.05) is 19.2 Å². The summed E-state index contributed by atoms with van der Waals surface area (Å²) in [4.78, 5) is 24.4. The van der Waals surface area contributed by atoms with Gasteiger partial charge in [0.2, 0.25) is 6.79 Å². The lowest BCUT2D eigenvalue weighted by Crippen LogP contribution is -2.30. The van der Waals surface area contributed by atoms with E-state index >= 15 is 0 Å². The summed E-state index contributed by atoms with van der Waals surface area (Å²) in [7, 11) is 1.37. The molecule has 1 heterocycles. The lowest BCUT2D eigenvalue weighted by Gasteiger charge is -2.15. The molecule has 0 bridgehead atoms. The van der Waals surface area contributed by atoms with Gasteiger partial charge in [0.05, 0.1) is 7.11 Å². The normalized spacial score (nSPS) is 13.0. The number of aromatic hydroxyl groups is 1. The van der Waals surface area contributed by atoms with E-state index in [4.69, 9.17) is 18.9 Å². The molecule has 26 heavy (non-hydrogen) atoms. The van der Waals surface area contributed by atoms with Crippen LogP contribution in [0.1, 0.15) is 17.3 Å². The molecule has 0 radical (unpaired) electrons. The van der Waals surface area contributed by atoms with Gasteiger partial charge in [-0.3, -0.25) is 4.79 Å². The topological polar surface area (TPSA) is 103 Å². The number of carbonyl (C=O) groups excluding carboxylic acids is 2. The molecule has 1 aliphatic rings. The average molecular weight is 359 g/mol. The van der Waals surface area contributed by atoms with Crippen molar-refractivity contribution in [1.29, 1.82) is 0 Å². The van der Waals surface area contributed by atoms with Gasteiger partial charge in [-0.2, -0.15) is 0 Å². The second-order valence-corrected chi connectivity index (χ2v) is 5.46. The van der Waals surface area contributed by atoms with Gasteiger partial charge in [0, 0.05) is 11.8 Å². The number of phenolic OH excluding ortho intramolecular Hbond substituents is 1. The maximum atomic E-state index is 12.2. The second kappa shape index (κ2) is 7.22. The highest BCUT2D eigenvalue weighted by molar-refractivity contribution is 5.98. The molecule has 0 fully saturated rings. The molecule has 0 unspecified atom stereocenters. The third-order valence-electron chi connectivity index (χ3n) is 3.73. The molecule has 8 heteroatoms. The molecular formula is C18H17NO7. The van der Waals surface area contributed by atoms with Crippen LogP contribution < -0.4 is 19.5 Å². The molecule has 8 nitrogen and oxygen atoms in total. The third-order valence-corrected chi connectivity index (χ3v) is 3.73. The first-order valence-electron chi connectivity index (χ1n) is 7.77. The van der Waals surface area contributed by atoms with Crippen LogP contribution in [0.4, 0.5) is 5.69 Å². The number of esters is 1. The van der Waals surface area contributed by atoms with E-state index in [0.29, 0.717) is 17.2 Å². The van der Waals surface area contributed by atoms with Gasteiger partial charge in [-0.1, -0.05) is 6.07 Å². The van der Waals surface area contributed by atoms with E-state index in [1.807, 2.05) is 0 Å². The zero-order valence-corrected chi connectivity index (χ0v) is 14.1. The van der Waals surface area contributed by atoms with Gasteiger partial charge in [-0.05, 0) is 31.2 Å². The Balaban J connectivity index is 1.65. The lowest BCUT2D eigenvalue weighted by atomic mass is 10.2. The van der Waals surface area contributed by atoms with Crippen LogP contribution in [0.5, 0.6) is 23.0 Å². The summed E-state index contributed by atoms with van der Waals surface area (Å²) < 4.78 is 20.5. The Labute approximate surface area is 149 Å². The molecule has 2 N–H and O–H groups in total. The molecule has 2 aromatic carbocycles. The number of phenols is 1. The minimum atomic E-state index is -1.08. The Hall–Kier alpha value is -3.42. The highest BCUT2D eigenvalue weighted by Gasteiger charge is 2.23. The molecule has 0 aliphatic carbocycles. The van der Waals surface area contributed by atoms with E-state index in [2.05, 4.69) is 5.32 Å². The Morgan fingerprint density at radius 1 is 1.19 bits per heavy atom. The number of benzene rings is 2. The maximum Gasteiger partial charge on any atom is 0.342 e. The molecule has 1 amide bonds. The minimum Gasteiger partial charge on any atom is -0.504 e. The molecule has 136 valence electrons. The van der Waals surface area contributed by atoms with Gasteiger partial charge in [0.1, 0.15) is 5.56 Å².